The zero-order chi connectivity index (χ0) is 14.4. The number of carbonyl (C=O) groups is 2. The Morgan fingerprint density at radius 3 is 2.68 bits per heavy atom. The molecule has 0 fully saturated rings. The van der Waals surface area contributed by atoms with Gasteiger partial charge < -0.3 is 9.64 Å². The van der Waals surface area contributed by atoms with Crippen molar-refractivity contribution in [3.63, 3.8) is 0 Å². The number of nitrogens with zero attached hydrogens (tertiary/aromatic N) is 1. The smallest absolute Gasteiger partial charge is 0.409 e. The Morgan fingerprint density at radius 1 is 1.47 bits per heavy atom. The molecule has 0 aliphatic heterocycles. The maximum absolute atomic E-state index is 13.1. The molecule has 0 aromatic heterocycles. The van der Waals surface area contributed by atoms with Gasteiger partial charge in [-0.05, 0) is 25.0 Å². The summed E-state index contributed by atoms with van der Waals surface area (Å²) in [7, 11) is 0. The molecule has 0 bridgehead atoms. The summed E-state index contributed by atoms with van der Waals surface area (Å²) in [5, 5.41) is 0. The van der Waals surface area contributed by atoms with Crippen molar-refractivity contribution in [1.29, 1.82) is 0 Å². The van der Waals surface area contributed by atoms with Crippen LogP contribution in [0.1, 0.15) is 31.1 Å². The summed E-state index contributed by atoms with van der Waals surface area (Å²) in [4.78, 5) is 24.2. The molecule has 1 aromatic rings. The molecule has 0 atom stereocenters. The lowest BCUT2D eigenvalue weighted by Crippen LogP contribution is -2.36. The van der Waals surface area contributed by atoms with Gasteiger partial charge in [0.05, 0.1) is 5.56 Å². The molecule has 1 amide bonds. The highest BCUT2D eigenvalue weighted by Crippen LogP contribution is 2.19. The molecule has 1 rings (SSSR count). The van der Waals surface area contributed by atoms with E-state index in [1.807, 2.05) is 20.8 Å². The number of rotatable bonds is 5. The predicted octanol–water partition coefficient (Wildman–Crippen LogP) is 3.11. The molecule has 19 heavy (non-hydrogen) atoms. The lowest BCUT2D eigenvalue weighted by Gasteiger charge is -2.22. The zero-order valence-electron chi connectivity index (χ0n) is 11.4. The molecule has 0 spiro atoms. The molecule has 0 N–H and O–H groups in total. The van der Waals surface area contributed by atoms with Crippen LogP contribution in [-0.4, -0.2) is 30.4 Å². The van der Waals surface area contributed by atoms with Crippen LogP contribution in [0.3, 0.4) is 0 Å². The second-order valence-electron chi connectivity index (χ2n) is 4.60. The Kier molecular flexibility index (Phi) is 5.48. The first kappa shape index (κ1) is 15.1. The minimum Gasteiger partial charge on any atom is -0.409 e. The van der Waals surface area contributed by atoms with Gasteiger partial charge in [0.15, 0.2) is 6.29 Å². The number of hydrogen-bond donors (Lipinski definition) is 0. The minimum absolute atomic E-state index is 0.0535. The maximum Gasteiger partial charge on any atom is 0.415 e. The Hall–Kier alpha value is -1.91. The molecule has 0 radical (unpaired) electrons. The van der Waals surface area contributed by atoms with Gasteiger partial charge in [0.1, 0.15) is 11.6 Å². The first-order valence-electron chi connectivity index (χ1n) is 6.19. The Morgan fingerprint density at radius 2 is 2.16 bits per heavy atom. The van der Waals surface area contributed by atoms with Crippen LogP contribution in [-0.2, 0) is 0 Å². The van der Waals surface area contributed by atoms with Crippen molar-refractivity contribution in [3.05, 3.63) is 29.6 Å². The van der Waals surface area contributed by atoms with Gasteiger partial charge in [0, 0.05) is 19.2 Å². The highest BCUT2D eigenvalue weighted by atomic mass is 19.1. The fraction of sp³-hybridized carbons (Fsp3) is 0.429. The minimum atomic E-state index is -0.579. The summed E-state index contributed by atoms with van der Waals surface area (Å²) in [5.74, 6) is -0.312. The third-order valence-corrected chi connectivity index (χ3v) is 2.53. The average Bonchev–Trinajstić information content (AvgIpc) is 2.35. The van der Waals surface area contributed by atoms with Crippen molar-refractivity contribution >= 4 is 12.4 Å². The second kappa shape index (κ2) is 6.87. The average molecular weight is 267 g/mol. The molecule has 0 saturated carbocycles. The zero-order valence-corrected chi connectivity index (χ0v) is 11.4. The van der Waals surface area contributed by atoms with Gasteiger partial charge in [-0.25, -0.2) is 9.18 Å². The van der Waals surface area contributed by atoms with E-state index in [1.54, 1.807) is 0 Å². The molecule has 0 unspecified atom stereocenters. The summed E-state index contributed by atoms with van der Waals surface area (Å²) in [6.45, 7) is 6.82. The lowest BCUT2D eigenvalue weighted by molar-refractivity contribution is 0.111. The molecule has 0 heterocycles. The van der Waals surface area contributed by atoms with Crippen molar-refractivity contribution < 1.29 is 18.7 Å². The Balaban J connectivity index is 2.85. The van der Waals surface area contributed by atoms with Gasteiger partial charge in [-0.2, -0.15) is 0 Å². The van der Waals surface area contributed by atoms with E-state index in [4.69, 9.17) is 4.74 Å². The highest BCUT2D eigenvalue weighted by Gasteiger charge is 2.17. The van der Waals surface area contributed by atoms with Crippen LogP contribution in [0.25, 0.3) is 0 Å². The van der Waals surface area contributed by atoms with Gasteiger partial charge in [0.25, 0.3) is 0 Å². The number of ether oxygens (including phenoxy) is 1. The summed E-state index contributed by atoms with van der Waals surface area (Å²) in [6, 6.07) is 3.46. The van der Waals surface area contributed by atoms with Gasteiger partial charge in [-0.15, -0.1) is 0 Å². The topological polar surface area (TPSA) is 46.6 Å². The third-order valence-electron chi connectivity index (χ3n) is 2.53. The number of hydrogen-bond acceptors (Lipinski definition) is 3. The standard InChI is InChI=1S/C14H18FNO3/c1-4-16(8-10(2)3)14(18)19-13-7-12(15)6-5-11(13)9-17/h5-7,9-10H,4,8H2,1-3H3. The second-order valence-corrected chi connectivity index (χ2v) is 4.60. The van der Waals surface area contributed by atoms with E-state index >= 15 is 0 Å². The summed E-state index contributed by atoms with van der Waals surface area (Å²) in [5.41, 5.74) is 0.148. The van der Waals surface area contributed by atoms with E-state index in [0.717, 1.165) is 12.1 Å². The van der Waals surface area contributed by atoms with Gasteiger partial charge in [-0.1, -0.05) is 13.8 Å². The van der Waals surface area contributed by atoms with Crippen LogP contribution in [0.4, 0.5) is 9.18 Å². The third kappa shape index (κ3) is 4.35. The first-order chi connectivity index (χ1) is 8.97. The normalized spacial score (nSPS) is 10.4. The molecule has 5 heteroatoms. The summed E-state index contributed by atoms with van der Waals surface area (Å²) < 4.78 is 18.2. The van der Waals surface area contributed by atoms with Gasteiger partial charge in [0.2, 0.25) is 0 Å². The Bertz CT molecular complexity index is 460. The van der Waals surface area contributed by atoms with Crippen LogP contribution >= 0.6 is 0 Å². The Labute approximate surface area is 112 Å². The first-order valence-corrected chi connectivity index (χ1v) is 6.19. The maximum atomic E-state index is 13.1. The van der Waals surface area contributed by atoms with Crippen LogP contribution in [0.15, 0.2) is 18.2 Å². The van der Waals surface area contributed by atoms with E-state index in [2.05, 4.69) is 0 Å². The number of benzene rings is 1. The quantitative estimate of drug-likeness (QED) is 0.770. The molecule has 104 valence electrons. The summed E-state index contributed by atoms with van der Waals surface area (Å²) in [6.07, 6.45) is -0.0502. The fourth-order valence-corrected chi connectivity index (χ4v) is 1.63. The molecular weight excluding hydrogens is 249 g/mol. The monoisotopic (exact) mass is 267 g/mol. The lowest BCUT2D eigenvalue weighted by atomic mass is 10.2. The van der Waals surface area contributed by atoms with E-state index in [-0.39, 0.29) is 11.3 Å². The highest BCUT2D eigenvalue weighted by molar-refractivity contribution is 5.82. The van der Waals surface area contributed by atoms with Crippen molar-refractivity contribution in [3.8, 4) is 5.75 Å². The molecular formula is C14H18FNO3. The number of carbonyl (C=O) groups excluding carboxylic acids is 2. The van der Waals surface area contributed by atoms with Gasteiger partial charge >= 0.3 is 6.09 Å². The van der Waals surface area contributed by atoms with E-state index in [1.165, 1.54) is 11.0 Å². The largest absolute Gasteiger partial charge is 0.415 e. The van der Waals surface area contributed by atoms with Gasteiger partial charge in [-0.3, -0.25) is 4.79 Å². The molecule has 0 aliphatic rings. The number of amides is 1. The van der Waals surface area contributed by atoms with E-state index in [9.17, 15) is 14.0 Å². The molecule has 1 aromatic carbocycles. The molecule has 4 nitrogen and oxygen atoms in total. The summed E-state index contributed by atoms with van der Waals surface area (Å²) >= 11 is 0. The predicted molar refractivity (Wildman–Crippen MR) is 69.9 cm³/mol. The van der Waals surface area contributed by atoms with Crippen molar-refractivity contribution in [1.82, 2.24) is 4.90 Å². The van der Waals surface area contributed by atoms with Crippen LogP contribution in [0.5, 0.6) is 5.75 Å². The van der Waals surface area contributed by atoms with Crippen molar-refractivity contribution in [2.24, 2.45) is 5.92 Å². The molecule has 0 saturated heterocycles. The SMILES string of the molecule is CCN(CC(C)C)C(=O)Oc1cc(F)ccc1C=O. The fourth-order valence-electron chi connectivity index (χ4n) is 1.63. The van der Waals surface area contributed by atoms with Crippen LogP contribution in [0.2, 0.25) is 0 Å². The van der Waals surface area contributed by atoms with E-state index < -0.39 is 11.9 Å². The van der Waals surface area contributed by atoms with Crippen LogP contribution < -0.4 is 4.74 Å². The number of halogens is 1. The molecule has 0 aliphatic carbocycles. The van der Waals surface area contributed by atoms with E-state index in [0.29, 0.717) is 25.3 Å². The van der Waals surface area contributed by atoms with Crippen molar-refractivity contribution in [2.45, 2.75) is 20.8 Å². The van der Waals surface area contributed by atoms with Crippen molar-refractivity contribution in [2.75, 3.05) is 13.1 Å². The van der Waals surface area contributed by atoms with Crippen LogP contribution in [0, 0.1) is 11.7 Å². The number of aldehydes is 1.